The van der Waals surface area contributed by atoms with E-state index in [2.05, 4.69) is 21.1 Å². The van der Waals surface area contributed by atoms with Crippen LogP contribution in [0.5, 0.6) is 5.75 Å². The van der Waals surface area contributed by atoms with Gasteiger partial charge in [0.25, 0.3) is 0 Å². The summed E-state index contributed by atoms with van der Waals surface area (Å²) < 4.78 is 19.8. The molecular weight excluding hydrogens is 337 g/mol. The Labute approximate surface area is 130 Å². The molecular formula is C16H13BrFNO2. The van der Waals surface area contributed by atoms with Crippen molar-refractivity contribution >= 4 is 21.6 Å². The quantitative estimate of drug-likeness (QED) is 0.663. The van der Waals surface area contributed by atoms with Crippen molar-refractivity contribution in [1.82, 2.24) is 0 Å². The van der Waals surface area contributed by atoms with E-state index in [1.54, 1.807) is 0 Å². The van der Waals surface area contributed by atoms with Gasteiger partial charge >= 0.3 is 0 Å². The lowest BCUT2D eigenvalue weighted by Crippen LogP contribution is -2.00. The number of benzene rings is 2. The minimum atomic E-state index is -0.295. The molecule has 3 rings (SSSR count). The molecule has 0 heterocycles. The molecule has 0 bridgehead atoms. The van der Waals surface area contributed by atoms with Crippen LogP contribution in [0.4, 0.5) is 4.39 Å². The van der Waals surface area contributed by atoms with Crippen molar-refractivity contribution in [3.05, 3.63) is 63.4 Å². The van der Waals surface area contributed by atoms with Gasteiger partial charge in [-0.3, -0.25) is 0 Å². The first-order valence-corrected chi connectivity index (χ1v) is 7.37. The number of oxime groups is 1. The van der Waals surface area contributed by atoms with Crippen LogP contribution in [-0.2, 0) is 13.0 Å². The molecule has 2 aromatic rings. The summed E-state index contributed by atoms with van der Waals surface area (Å²) in [5, 5.41) is 12.3. The van der Waals surface area contributed by atoms with Crippen molar-refractivity contribution in [3.63, 3.8) is 0 Å². The molecule has 0 atom stereocenters. The number of hydrogen-bond acceptors (Lipinski definition) is 3. The van der Waals surface area contributed by atoms with Crippen molar-refractivity contribution in [1.29, 1.82) is 0 Å². The van der Waals surface area contributed by atoms with Crippen LogP contribution in [0.25, 0.3) is 0 Å². The number of halogens is 2. The molecule has 2 aromatic carbocycles. The minimum absolute atomic E-state index is 0.290. The molecule has 1 aliphatic rings. The summed E-state index contributed by atoms with van der Waals surface area (Å²) in [7, 11) is 0. The van der Waals surface area contributed by atoms with Gasteiger partial charge in [-0.2, -0.15) is 0 Å². The SMILES string of the molecule is ON=C1CCc2c(OCc3cc(F)cc(Br)c3)cccc21. The van der Waals surface area contributed by atoms with Crippen LogP contribution in [-0.4, -0.2) is 10.9 Å². The van der Waals surface area contributed by atoms with E-state index >= 15 is 0 Å². The van der Waals surface area contributed by atoms with Gasteiger partial charge in [0.05, 0.1) is 5.71 Å². The summed E-state index contributed by atoms with van der Waals surface area (Å²) in [4.78, 5) is 0. The Morgan fingerprint density at radius 3 is 2.86 bits per heavy atom. The van der Waals surface area contributed by atoms with Gasteiger partial charge in [0.1, 0.15) is 18.2 Å². The molecule has 108 valence electrons. The molecule has 1 aliphatic carbocycles. The fourth-order valence-electron chi connectivity index (χ4n) is 2.57. The summed E-state index contributed by atoms with van der Waals surface area (Å²) in [5.41, 5.74) is 3.41. The van der Waals surface area contributed by atoms with Gasteiger partial charge in [-0.1, -0.05) is 33.2 Å². The van der Waals surface area contributed by atoms with Crippen molar-refractivity contribution in [3.8, 4) is 5.75 Å². The summed E-state index contributed by atoms with van der Waals surface area (Å²) in [6, 6.07) is 10.4. The van der Waals surface area contributed by atoms with E-state index in [4.69, 9.17) is 9.94 Å². The number of nitrogens with zero attached hydrogens (tertiary/aromatic N) is 1. The summed E-state index contributed by atoms with van der Waals surface area (Å²) >= 11 is 3.27. The molecule has 1 N–H and O–H groups in total. The van der Waals surface area contributed by atoms with Crippen molar-refractivity contribution in [2.75, 3.05) is 0 Å². The highest BCUT2D eigenvalue weighted by Crippen LogP contribution is 2.31. The fraction of sp³-hybridized carbons (Fsp3) is 0.188. The summed E-state index contributed by atoms with van der Waals surface area (Å²) in [5.74, 6) is 0.461. The van der Waals surface area contributed by atoms with Crippen LogP contribution in [0.3, 0.4) is 0 Å². The molecule has 0 saturated heterocycles. The number of hydrogen-bond donors (Lipinski definition) is 1. The Kier molecular flexibility index (Phi) is 3.92. The highest BCUT2D eigenvalue weighted by atomic mass is 79.9. The second kappa shape index (κ2) is 5.85. The summed E-state index contributed by atoms with van der Waals surface area (Å²) in [6.07, 6.45) is 1.50. The first kappa shape index (κ1) is 14.1. The summed E-state index contributed by atoms with van der Waals surface area (Å²) in [6.45, 7) is 0.290. The van der Waals surface area contributed by atoms with Crippen LogP contribution >= 0.6 is 15.9 Å². The molecule has 21 heavy (non-hydrogen) atoms. The van der Waals surface area contributed by atoms with E-state index < -0.39 is 0 Å². The normalized spacial score (nSPS) is 15.2. The molecule has 5 heteroatoms. The second-order valence-electron chi connectivity index (χ2n) is 4.90. The van der Waals surface area contributed by atoms with E-state index in [0.717, 1.165) is 28.9 Å². The number of ether oxygens (including phenoxy) is 1. The third-order valence-electron chi connectivity index (χ3n) is 3.49. The lowest BCUT2D eigenvalue weighted by atomic mass is 10.1. The van der Waals surface area contributed by atoms with Crippen LogP contribution < -0.4 is 4.74 Å². The van der Waals surface area contributed by atoms with Gasteiger partial charge in [0, 0.05) is 15.6 Å². The topological polar surface area (TPSA) is 41.8 Å². The zero-order valence-electron chi connectivity index (χ0n) is 11.1. The highest BCUT2D eigenvalue weighted by Gasteiger charge is 2.21. The lowest BCUT2D eigenvalue weighted by molar-refractivity contribution is 0.302. The van der Waals surface area contributed by atoms with Crippen LogP contribution in [0.15, 0.2) is 46.0 Å². The van der Waals surface area contributed by atoms with Crippen molar-refractivity contribution in [2.24, 2.45) is 5.16 Å². The monoisotopic (exact) mass is 349 g/mol. The third kappa shape index (κ3) is 2.93. The van der Waals surface area contributed by atoms with E-state index in [9.17, 15) is 4.39 Å². The maximum absolute atomic E-state index is 13.3. The van der Waals surface area contributed by atoms with E-state index in [1.807, 2.05) is 24.3 Å². The molecule has 0 aromatic heterocycles. The smallest absolute Gasteiger partial charge is 0.124 e. The van der Waals surface area contributed by atoms with Gasteiger partial charge in [-0.25, -0.2) is 4.39 Å². The predicted octanol–water partition coefficient (Wildman–Crippen LogP) is 4.29. The van der Waals surface area contributed by atoms with E-state index in [-0.39, 0.29) is 5.82 Å². The molecule has 0 amide bonds. The second-order valence-corrected chi connectivity index (χ2v) is 5.81. The third-order valence-corrected chi connectivity index (χ3v) is 3.95. The first-order chi connectivity index (χ1) is 10.2. The molecule has 0 aliphatic heterocycles. The van der Waals surface area contributed by atoms with Gasteiger partial charge in [-0.05, 0) is 42.7 Å². The van der Waals surface area contributed by atoms with Crippen molar-refractivity contribution in [2.45, 2.75) is 19.4 Å². The molecule has 0 fully saturated rings. The molecule has 0 unspecified atom stereocenters. The predicted molar refractivity (Wildman–Crippen MR) is 81.5 cm³/mol. The van der Waals surface area contributed by atoms with Gasteiger partial charge in [0.2, 0.25) is 0 Å². The zero-order chi connectivity index (χ0) is 14.8. The van der Waals surface area contributed by atoms with Gasteiger partial charge in [-0.15, -0.1) is 0 Å². The average Bonchev–Trinajstić information content (AvgIpc) is 2.87. The Hall–Kier alpha value is -1.88. The maximum Gasteiger partial charge on any atom is 0.124 e. The molecule has 0 spiro atoms. The maximum atomic E-state index is 13.3. The van der Waals surface area contributed by atoms with Crippen molar-refractivity contribution < 1.29 is 14.3 Å². The van der Waals surface area contributed by atoms with Gasteiger partial charge < -0.3 is 9.94 Å². The van der Waals surface area contributed by atoms with Crippen LogP contribution in [0.2, 0.25) is 0 Å². The largest absolute Gasteiger partial charge is 0.489 e. The lowest BCUT2D eigenvalue weighted by Gasteiger charge is -2.11. The van der Waals surface area contributed by atoms with E-state index in [0.29, 0.717) is 23.2 Å². The fourth-order valence-corrected chi connectivity index (χ4v) is 3.08. The Balaban J connectivity index is 1.82. The van der Waals surface area contributed by atoms with Crippen LogP contribution in [0, 0.1) is 5.82 Å². The number of rotatable bonds is 3. The zero-order valence-corrected chi connectivity index (χ0v) is 12.7. The Bertz CT molecular complexity index is 695. The van der Waals surface area contributed by atoms with E-state index in [1.165, 1.54) is 12.1 Å². The first-order valence-electron chi connectivity index (χ1n) is 6.58. The molecule has 0 radical (unpaired) electrons. The van der Waals surface area contributed by atoms with Crippen LogP contribution in [0.1, 0.15) is 23.1 Å². The molecule has 3 nitrogen and oxygen atoms in total. The standard InChI is InChI=1S/C16H13BrFNO2/c17-11-6-10(7-12(18)8-11)9-21-16-3-1-2-13-14(16)4-5-15(13)19-20/h1-3,6-8,20H,4-5,9H2. The minimum Gasteiger partial charge on any atom is -0.489 e. The highest BCUT2D eigenvalue weighted by molar-refractivity contribution is 9.10. The van der Waals surface area contributed by atoms with Gasteiger partial charge in [0.15, 0.2) is 0 Å². The Morgan fingerprint density at radius 1 is 1.24 bits per heavy atom. The Morgan fingerprint density at radius 2 is 2.10 bits per heavy atom. The number of fused-ring (bicyclic) bond motifs is 1. The molecule has 0 saturated carbocycles. The average molecular weight is 350 g/mol.